The van der Waals surface area contributed by atoms with Gasteiger partial charge in [-0.15, -0.1) is 0 Å². The third kappa shape index (κ3) is 10.7. The summed E-state index contributed by atoms with van der Waals surface area (Å²) in [4.78, 5) is 0. The molecule has 0 aliphatic rings. The van der Waals surface area contributed by atoms with Crippen LogP contribution in [0.1, 0.15) is 0 Å². The van der Waals surface area contributed by atoms with Gasteiger partial charge in [0, 0.05) is 12.5 Å². The zero-order chi connectivity index (χ0) is 12.3. The van der Waals surface area contributed by atoms with Crippen LogP contribution in [0.2, 0.25) is 0 Å². The summed E-state index contributed by atoms with van der Waals surface area (Å²) < 4.78 is 68.2. The van der Waals surface area contributed by atoms with Gasteiger partial charge in [0.1, 0.15) is 0 Å². The normalized spacial score (nSPS) is 14.1. The fourth-order valence-electron chi connectivity index (χ4n) is 0.428. The first-order valence-electron chi connectivity index (χ1n) is 3.48. The summed E-state index contributed by atoms with van der Waals surface area (Å²) in [5.74, 6) is -5.19. The molecule has 0 saturated heterocycles. The Morgan fingerprint density at radius 2 is 1.20 bits per heavy atom. The summed E-state index contributed by atoms with van der Waals surface area (Å²) in [6, 6.07) is 0. The van der Waals surface area contributed by atoms with Gasteiger partial charge in [0.25, 0.3) is 5.92 Å². The molecular formula is C5H10F2O4S4. The van der Waals surface area contributed by atoms with E-state index in [0.29, 0.717) is 0 Å². The molecule has 0 atom stereocenters. The van der Waals surface area contributed by atoms with Gasteiger partial charge < -0.3 is 0 Å². The van der Waals surface area contributed by atoms with Crippen molar-refractivity contribution in [2.24, 2.45) is 0 Å². The third-order valence-electron chi connectivity index (χ3n) is 0.968. The number of halogens is 2. The van der Waals surface area contributed by atoms with Crippen molar-refractivity contribution in [2.45, 2.75) is 5.92 Å². The van der Waals surface area contributed by atoms with Gasteiger partial charge in [-0.1, -0.05) is 0 Å². The van der Waals surface area contributed by atoms with Gasteiger partial charge in [0.2, 0.25) is 0 Å². The molecule has 0 radical (unpaired) electrons. The molecule has 15 heavy (non-hydrogen) atoms. The van der Waals surface area contributed by atoms with Gasteiger partial charge in [-0.2, -0.15) is 0 Å². The molecule has 0 unspecified atom stereocenters. The molecule has 0 aliphatic carbocycles. The molecule has 0 spiro atoms. The highest BCUT2D eigenvalue weighted by Gasteiger charge is 2.32. The Morgan fingerprint density at radius 3 is 1.40 bits per heavy atom. The van der Waals surface area contributed by atoms with Crippen molar-refractivity contribution in [1.82, 2.24) is 0 Å². The van der Waals surface area contributed by atoms with E-state index in [2.05, 4.69) is 0 Å². The predicted octanol–water partition coefficient (Wildman–Crippen LogP) is 1.01. The van der Waals surface area contributed by atoms with E-state index in [9.17, 15) is 25.6 Å². The standard InChI is InChI=1S/C5H10F2O4S4/c1-14(8,9)12-3-5(6,7)4-13-15(2,10)11/h3-4H2,1-2H3. The molecule has 0 N–H and O–H groups in total. The maximum atomic E-state index is 12.9. The molecule has 0 fully saturated rings. The summed E-state index contributed by atoms with van der Waals surface area (Å²) in [7, 11) is -6.86. The average molecular weight is 300 g/mol. The van der Waals surface area contributed by atoms with E-state index in [-0.39, 0.29) is 21.6 Å². The Balaban J connectivity index is 4.21. The molecule has 0 aromatic carbocycles. The smallest absolute Gasteiger partial charge is 0.218 e. The van der Waals surface area contributed by atoms with E-state index in [4.69, 9.17) is 0 Å². The Labute approximate surface area is 94.8 Å². The van der Waals surface area contributed by atoms with Crippen LogP contribution in [0, 0.1) is 0 Å². The highest BCUT2D eigenvalue weighted by atomic mass is 33.1. The molecule has 0 heterocycles. The van der Waals surface area contributed by atoms with Crippen LogP contribution in [0.3, 0.4) is 0 Å². The molecule has 10 heteroatoms. The van der Waals surface area contributed by atoms with Gasteiger partial charge in [-0.25, -0.2) is 25.6 Å². The Kier molecular flexibility index (Phi) is 5.35. The molecular weight excluding hydrogens is 290 g/mol. The molecule has 0 aromatic heterocycles. The molecule has 4 nitrogen and oxygen atoms in total. The van der Waals surface area contributed by atoms with Gasteiger partial charge in [-0.05, 0) is 21.6 Å². The first-order valence-corrected chi connectivity index (χ1v) is 10.3. The largest absolute Gasteiger partial charge is 0.267 e. The summed E-state index contributed by atoms with van der Waals surface area (Å²) in [5, 5.41) is 0. The minimum atomic E-state index is -3.53. The maximum absolute atomic E-state index is 12.9. The van der Waals surface area contributed by atoms with Crippen molar-refractivity contribution < 1.29 is 25.6 Å². The van der Waals surface area contributed by atoms with Crippen LogP contribution >= 0.6 is 21.6 Å². The van der Waals surface area contributed by atoms with Crippen LogP contribution in [-0.4, -0.2) is 46.8 Å². The predicted molar refractivity (Wildman–Crippen MR) is 59.6 cm³/mol. The lowest BCUT2D eigenvalue weighted by molar-refractivity contribution is 0.0552. The van der Waals surface area contributed by atoms with E-state index in [1.165, 1.54) is 0 Å². The van der Waals surface area contributed by atoms with Crippen molar-refractivity contribution in [3.05, 3.63) is 0 Å². The van der Waals surface area contributed by atoms with Gasteiger partial charge >= 0.3 is 0 Å². The lowest BCUT2D eigenvalue weighted by Gasteiger charge is -2.13. The number of hydrogen-bond acceptors (Lipinski definition) is 6. The zero-order valence-corrected chi connectivity index (χ0v) is 11.2. The Morgan fingerprint density at radius 1 is 0.933 bits per heavy atom. The van der Waals surface area contributed by atoms with Crippen LogP contribution in [0.25, 0.3) is 0 Å². The van der Waals surface area contributed by atoms with Gasteiger partial charge in [-0.3, -0.25) is 0 Å². The maximum Gasteiger partial charge on any atom is 0.267 e. The summed E-state index contributed by atoms with van der Waals surface area (Å²) >= 11 is 0. The quantitative estimate of drug-likeness (QED) is 0.682. The van der Waals surface area contributed by atoms with Crippen molar-refractivity contribution in [1.29, 1.82) is 0 Å². The average Bonchev–Trinajstić information content (AvgIpc) is 1.96. The first kappa shape index (κ1) is 15.5. The highest BCUT2D eigenvalue weighted by molar-refractivity contribution is 8.72. The first-order chi connectivity index (χ1) is 6.41. The topological polar surface area (TPSA) is 68.3 Å². The van der Waals surface area contributed by atoms with E-state index < -0.39 is 35.2 Å². The minimum Gasteiger partial charge on any atom is -0.218 e. The minimum absolute atomic E-state index is 0.105. The van der Waals surface area contributed by atoms with Crippen LogP contribution in [0.15, 0.2) is 0 Å². The van der Waals surface area contributed by atoms with Gasteiger partial charge in [0.05, 0.1) is 11.5 Å². The lowest BCUT2D eigenvalue weighted by Crippen LogP contribution is -2.24. The number of alkyl halides is 2. The number of rotatable bonds is 6. The van der Waals surface area contributed by atoms with Crippen molar-refractivity contribution in [2.75, 3.05) is 24.0 Å². The van der Waals surface area contributed by atoms with Crippen LogP contribution in [0.5, 0.6) is 0 Å². The van der Waals surface area contributed by atoms with Crippen LogP contribution < -0.4 is 0 Å². The SMILES string of the molecule is CS(=O)(=O)SCC(F)(F)CSS(C)(=O)=O. The summed E-state index contributed by atoms with van der Waals surface area (Å²) in [6.07, 6.45) is 1.63. The molecule has 0 rings (SSSR count). The fourth-order valence-corrected chi connectivity index (χ4v) is 3.85. The molecule has 0 saturated carbocycles. The highest BCUT2D eigenvalue weighted by Crippen LogP contribution is 2.28. The lowest BCUT2D eigenvalue weighted by atomic mass is 10.5. The second-order valence-corrected chi connectivity index (χ2v) is 11.7. The third-order valence-corrected chi connectivity index (χ3v) is 6.18. The summed E-state index contributed by atoms with van der Waals surface area (Å²) in [5.41, 5.74) is 0. The van der Waals surface area contributed by atoms with E-state index in [1.807, 2.05) is 0 Å². The second-order valence-electron chi connectivity index (χ2n) is 2.79. The summed E-state index contributed by atoms with van der Waals surface area (Å²) in [6.45, 7) is 0. The zero-order valence-electron chi connectivity index (χ0n) is 7.94. The monoisotopic (exact) mass is 300 g/mol. The molecule has 0 amide bonds. The van der Waals surface area contributed by atoms with Gasteiger partial charge in [0.15, 0.2) is 17.7 Å². The second kappa shape index (κ2) is 5.19. The van der Waals surface area contributed by atoms with Crippen molar-refractivity contribution in [3.8, 4) is 0 Å². The van der Waals surface area contributed by atoms with Crippen LogP contribution in [-0.2, 0) is 17.7 Å². The molecule has 0 aromatic rings. The van der Waals surface area contributed by atoms with E-state index >= 15 is 0 Å². The van der Waals surface area contributed by atoms with E-state index in [1.54, 1.807) is 0 Å². The number of hydrogen-bond donors (Lipinski definition) is 0. The Bertz CT molecular complexity index is 361. The Hall–Kier alpha value is 0.460. The van der Waals surface area contributed by atoms with Crippen molar-refractivity contribution >= 4 is 39.3 Å². The fraction of sp³-hybridized carbons (Fsp3) is 1.00. The van der Waals surface area contributed by atoms with E-state index in [0.717, 1.165) is 12.5 Å². The molecule has 0 bridgehead atoms. The molecule has 92 valence electrons. The van der Waals surface area contributed by atoms with Crippen molar-refractivity contribution in [3.63, 3.8) is 0 Å². The molecule has 0 aliphatic heterocycles. The van der Waals surface area contributed by atoms with Crippen LogP contribution in [0.4, 0.5) is 8.78 Å².